The van der Waals surface area contributed by atoms with Crippen LogP contribution in [0, 0.1) is 0 Å². The van der Waals surface area contributed by atoms with Crippen LogP contribution in [0.25, 0.3) is 10.2 Å². The van der Waals surface area contributed by atoms with E-state index in [0.29, 0.717) is 22.3 Å². The number of anilines is 1. The first-order valence-electron chi connectivity index (χ1n) is 9.30. The van der Waals surface area contributed by atoms with E-state index in [2.05, 4.69) is 18.7 Å². The quantitative estimate of drug-likeness (QED) is 0.429. The number of carbonyl (C=O) groups excluding carboxylic acids is 1. The second kappa shape index (κ2) is 9.74. The highest BCUT2D eigenvalue weighted by Gasteiger charge is 2.22. The van der Waals surface area contributed by atoms with Crippen molar-refractivity contribution in [3.63, 3.8) is 0 Å². The molecule has 28 heavy (non-hydrogen) atoms. The largest absolute Gasteiger partial charge is 0.302 e. The van der Waals surface area contributed by atoms with Gasteiger partial charge in [-0.3, -0.25) is 9.69 Å². The molecule has 1 aromatic heterocycles. The summed E-state index contributed by atoms with van der Waals surface area (Å²) in [5.74, 6) is -0.0202. The maximum absolute atomic E-state index is 13.4. The Bertz CT molecular complexity index is 956. The van der Waals surface area contributed by atoms with E-state index in [0.717, 1.165) is 34.7 Å². The molecule has 0 atom stereocenters. The van der Waals surface area contributed by atoms with E-state index in [1.165, 1.54) is 11.3 Å². The predicted molar refractivity (Wildman–Crippen MR) is 122 cm³/mol. The number of thiazole rings is 1. The number of halogens is 1. The van der Waals surface area contributed by atoms with Crippen molar-refractivity contribution in [1.82, 2.24) is 9.88 Å². The molecule has 0 aliphatic heterocycles. The molecule has 0 N–H and O–H groups in total. The minimum Gasteiger partial charge on any atom is -0.302 e. The minimum atomic E-state index is -0.0202. The first kappa shape index (κ1) is 21.1. The molecule has 0 spiro atoms. The van der Waals surface area contributed by atoms with Crippen LogP contribution in [-0.2, 0) is 0 Å². The van der Waals surface area contributed by atoms with E-state index in [-0.39, 0.29) is 5.91 Å². The van der Waals surface area contributed by atoms with Crippen molar-refractivity contribution in [2.24, 2.45) is 0 Å². The first-order valence-corrected chi connectivity index (χ1v) is 11.7. The molecule has 0 unspecified atom stereocenters. The molecule has 3 rings (SSSR count). The third-order valence-corrected chi connectivity index (χ3v) is 6.67. The normalized spacial score (nSPS) is 11.3. The van der Waals surface area contributed by atoms with Crippen molar-refractivity contribution >= 4 is 56.0 Å². The summed E-state index contributed by atoms with van der Waals surface area (Å²) in [6.45, 7) is 7.58. The Kier molecular flexibility index (Phi) is 7.35. The molecule has 2 aromatic carbocycles. The van der Waals surface area contributed by atoms with Gasteiger partial charge < -0.3 is 4.90 Å². The molecule has 0 saturated carbocycles. The van der Waals surface area contributed by atoms with Gasteiger partial charge in [-0.15, -0.1) is 11.8 Å². The molecule has 0 aliphatic rings. The van der Waals surface area contributed by atoms with Gasteiger partial charge in [0.1, 0.15) is 0 Å². The lowest BCUT2D eigenvalue weighted by atomic mass is 10.2. The number of thioether (sulfide) groups is 1. The van der Waals surface area contributed by atoms with Crippen LogP contribution < -0.4 is 4.90 Å². The third kappa shape index (κ3) is 4.87. The number of nitrogens with zero attached hydrogens (tertiary/aromatic N) is 3. The van der Waals surface area contributed by atoms with Gasteiger partial charge in [0, 0.05) is 28.6 Å². The number of aromatic nitrogens is 1. The predicted octanol–water partition coefficient (Wildman–Crippen LogP) is 5.66. The maximum Gasteiger partial charge on any atom is 0.260 e. The number of hydrogen-bond acceptors (Lipinski definition) is 5. The zero-order valence-electron chi connectivity index (χ0n) is 16.3. The molecular formula is C21H24ClN3OS2. The summed E-state index contributed by atoms with van der Waals surface area (Å²) >= 11 is 9.27. The van der Waals surface area contributed by atoms with Crippen molar-refractivity contribution in [1.29, 1.82) is 0 Å². The molecule has 4 nitrogen and oxygen atoms in total. The summed E-state index contributed by atoms with van der Waals surface area (Å²) in [6, 6.07) is 13.4. The lowest BCUT2D eigenvalue weighted by molar-refractivity contribution is 0.0983. The van der Waals surface area contributed by atoms with Crippen LogP contribution >= 0.6 is 34.7 Å². The molecule has 148 valence electrons. The van der Waals surface area contributed by atoms with Gasteiger partial charge in [0.05, 0.1) is 10.2 Å². The van der Waals surface area contributed by atoms with E-state index in [1.807, 2.05) is 48.7 Å². The molecule has 3 aromatic rings. The molecule has 1 amide bonds. The number of carbonyl (C=O) groups is 1. The van der Waals surface area contributed by atoms with Crippen LogP contribution in [0.2, 0.25) is 5.02 Å². The maximum atomic E-state index is 13.4. The molecule has 0 fully saturated rings. The summed E-state index contributed by atoms with van der Waals surface area (Å²) in [5, 5.41) is 1.39. The van der Waals surface area contributed by atoms with Gasteiger partial charge in [-0.2, -0.15) is 0 Å². The number of benzene rings is 2. The minimum absolute atomic E-state index is 0.0202. The molecular weight excluding hydrogens is 410 g/mol. The summed E-state index contributed by atoms with van der Waals surface area (Å²) in [4.78, 5) is 23.3. The highest BCUT2D eigenvalue weighted by Crippen LogP contribution is 2.31. The first-order chi connectivity index (χ1) is 13.5. The van der Waals surface area contributed by atoms with Crippen LogP contribution in [-0.4, -0.2) is 48.2 Å². The van der Waals surface area contributed by atoms with Gasteiger partial charge in [0.15, 0.2) is 5.13 Å². The van der Waals surface area contributed by atoms with Gasteiger partial charge >= 0.3 is 0 Å². The van der Waals surface area contributed by atoms with E-state index in [4.69, 9.17) is 16.6 Å². The fraction of sp³-hybridized carbons (Fsp3) is 0.333. The number of rotatable bonds is 8. The number of fused-ring (bicyclic) bond motifs is 1. The van der Waals surface area contributed by atoms with Crippen molar-refractivity contribution in [3.05, 3.63) is 53.1 Å². The van der Waals surface area contributed by atoms with Gasteiger partial charge in [-0.1, -0.05) is 42.9 Å². The topological polar surface area (TPSA) is 36.4 Å². The van der Waals surface area contributed by atoms with E-state index in [1.54, 1.807) is 16.7 Å². The standard InChI is InChI=1S/C21H24ClN3OS2/c1-4-24(5-2)11-12-25(20(26)15-7-6-8-17(13-15)27-3)21-23-18-10-9-16(22)14-19(18)28-21/h6-10,13-14H,4-5,11-12H2,1-3H3. The Morgan fingerprint density at radius 2 is 1.93 bits per heavy atom. The molecule has 0 aliphatic carbocycles. The van der Waals surface area contributed by atoms with Gasteiger partial charge in [-0.25, -0.2) is 4.98 Å². The Labute approximate surface area is 179 Å². The Morgan fingerprint density at radius 1 is 1.14 bits per heavy atom. The SMILES string of the molecule is CCN(CC)CCN(C(=O)c1cccc(SC)c1)c1nc2ccc(Cl)cc2s1. The Morgan fingerprint density at radius 3 is 2.64 bits per heavy atom. The fourth-order valence-corrected chi connectivity index (χ4v) is 4.70. The molecule has 1 heterocycles. The summed E-state index contributed by atoms with van der Waals surface area (Å²) < 4.78 is 0.987. The lowest BCUT2D eigenvalue weighted by Crippen LogP contribution is -2.38. The number of hydrogen-bond donors (Lipinski definition) is 0. The van der Waals surface area contributed by atoms with Crippen molar-refractivity contribution in [2.75, 3.05) is 37.3 Å². The molecule has 0 bridgehead atoms. The average molecular weight is 434 g/mol. The van der Waals surface area contributed by atoms with Gasteiger partial charge in [-0.05, 0) is 55.7 Å². The fourth-order valence-electron chi connectivity index (χ4n) is 2.98. The molecule has 0 saturated heterocycles. The van der Waals surface area contributed by atoms with Crippen molar-refractivity contribution in [3.8, 4) is 0 Å². The highest BCUT2D eigenvalue weighted by molar-refractivity contribution is 7.98. The summed E-state index contributed by atoms with van der Waals surface area (Å²) in [5.41, 5.74) is 1.55. The van der Waals surface area contributed by atoms with Crippen LogP contribution in [0.15, 0.2) is 47.4 Å². The van der Waals surface area contributed by atoms with Gasteiger partial charge in [0.25, 0.3) is 5.91 Å². The van der Waals surface area contributed by atoms with Crippen molar-refractivity contribution < 1.29 is 4.79 Å². The molecule has 7 heteroatoms. The summed E-state index contributed by atoms with van der Waals surface area (Å²) in [7, 11) is 0. The van der Waals surface area contributed by atoms with Crippen LogP contribution in [0.4, 0.5) is 5.13 Å². The highest BCUT2D eigenvalue weighted by atomic mass is 35.5. The Hall–Kier alpha value is -1.60. The second-order valence-electron chi connectivity index (χ2n) is 6.32. The van der Waals surface area contributed by atoms with E-state index < -0.39 is 0 Å². The van der Waals surface area contributed by atoms with Crippen molar-refractivity contribution in [2.45, 2.75) is 18.7 Å². The third-order valence-electron chi connectivity index (χ3n) is 4.67. The zero-order chi connectivity index (χ0) is 20.1. The second-order valence-corrected chi connectivity index (χ2v) is 8.65. The van der Waals surface area contributed by atoms with Crippen LogP contribution in [0.5, 0.6) is 0 Å². The average Bonchev–Trinajstić information content (AvgIpc) is 3.13. The summed E-state index contributed by atoms with van der Waals surface area (Å²) in [6.07, 6.45) is 2.01. The van der Waals surface area contributed by atoms with E-state index >= 15 is 0 Å². The number of likely N-dealkylation sites (N-methyl/N-ethyl adjacent to an activating group) is 1. The lowest BCUT2D eigenvalue weighted by Gasteiger charge is -2.24. The Balaban J connectivity index is 1.96. The van der Waals surface area contributed by atoms with Crippen LogP contribution in [0.1, 0.15) is 24.2 Å². The number of amides is 1. The zero-order valence-corrected chi connectivity index (χ0v) is 18.7. The van der Waals surface area contributed by atoms with Crippen LogP contribution in [0.3, 0.4) is 0 Å². The molecule has 0 radical (unpaired) electrons. The van der Waals surface area contributed by atoms with E-state index in [9.17, 15) is 4.79 Å². The van der Waals surface area contributed by atoms with Gasteiger partial charge in [0.2, 0.25) is 0 Å². The monoisotopic (exact) mass is 433 g/mol. The smallest absolute Gasteiger partial charge is 0.260 e.